The summed E-state index contributed by atoms with van der Waals surface area (Å²) in [5.74, 6) is -0.227. The van der Waals surface area contributed by atoms with Gasteiger partial charge in [-0.25, -0.2) is 0 Å². The van der Waals surface area contributed by atoms with Crippen molar-refractivity contribution in [1.29, 1.82) is 0 Å². The van der Waals surface area contributed by atoms with Crippen LogP contribution in [0.25, 0.3) is 0 Å². The van der Waals surface area contributed by atoms with Gasteiger partial charge in [-0.1, -0.05) is 33.7 Å². The van der Waals surface area contributed by atoms with E-state index in [9.17, 15) is 23.0 Å². The van der Waals surface area contributed by atoms with E-state index in [1.807, 2.05) is 0 Å². The molecule has 8 nitrogen and oxygen atoms in total. The number of ether oxygens (including phenoxy) is 1. The highest BCUT2D eigenvalue weighted by atomic mass is 32.4. The Balaban J connectivity index is 1.56. The second-order valence-electron chi connectivity index (χ2n) is 6.63. The first-order valence-electron chi connectivity index (χ1n) is 8.80. The van der Waals surface area contributed by atoms with Crippen molar-refractivity contribution in [3.8, 4) is 0 Å². The highest BCUT2D eigenvalue weighted by Crippen LogP contribution is 2.77. The first kappa shape index (κ1) is 19.5. The summed E-state index contributed by atoms with van der Waals surface area (Å²) < 4.78 is 49.0. The van der Waals surface area contributed by atoms with Crippen molar-refractivity contribution in [2.24, 2.45) is 0 Å². The van der Waals surface area contributed by atoms with Crippen LogP contribution in [0.4, 0.5) is 11.4 Å². The SMILES string of the molecule is O=C(Nc1ccc(N2S(O)(O)c3ccccc3S2(O)O)cc1)C1CCCCO1. The lowest BCUT2D eigenvalue weighted by Gasteiger charge is -2.45. The molecule has 2 heterocycles. The minimum absolute atomic E-state index is 0.0989. The molecule has 4 rings (SSSR count). The summed E-state index contributed by atoms with van der Waals surface area (Å²) in [4.78, 5) is 12.5. The van der Waals surface area contributed by atoms with Gasteiger partial charge in [0.15, 0.2) is 0 Å². The van der Waals surface area contributed by atoms with Crippen molar-refractivity contribution in [1.82, 2.24) is 0 Å². The van der Waals surface area contributed by atoms with Gasteiger partial charge in [0.1, 0.15) is 15.9 Å². The maximum atomic E-state index is 12.3. The highest BCUT2D eigenvalue weighted by Gasteiger charge is 2.47. The van der Waals surface area contributed by atoms with E-state index in [2.05, 4.69) is 5.32 Å². The smallest absolute Gasteiger partial charge is 0.253 e. The van der Waals surface area contributed by atoms with Gasteiger partial charge < -0.3 is 10.1 Å². The van der Waals surface area contributed by atoms with Crippen LogP contribution < -0.4 is 9.03 Å². The molecule has 0 radical (unpaired) electrons. The molecule has 10 heteroatoms. The number of amides is 1. The zero-order chi connectivity index (χ0) is 19.9. The van der Waals surface area contributed by atoms with Crippen molar-refractivity contribution >= 4 is 38.8 Å². The highest BCUT2D eigenvalue weighted by molar-refractivity contribution is 8.44. The third kappa shape index (κ3) is 3.26. The van der Waals surface area contributed by atoms with E-state index in [0.29, 0.717) is 18.7 Å². The van der Waals surface area contributed by atoms with E-state index in [-0.39, 0.29) is 21.4 Å². The lowest BCUT2D eigenvalue weighted by molar-refractivity contribution is -0.129. The van der Waals surface area contributed by atoms with Gasteiger partial charge in [-0.3, -0.25) is 23.0 Å². The van der Waals surface area contributed by atoms with Crippen molar-refractivity contribution in [3.63, 3.8) is 0 Å². The van der Waals surface area contributed by atoms with Crippen LogP contribution in [0.3, 0.4) is 0 Å². The molecule has 1 saturated heterocycles. The molecule has 2 aliphatic rings. The summed E-state index contributed by atoms with van der Waals surface area (Å²) in [6.07, 6.45) is 2.11. The molecule has 2 aliphatic heterocycles. The molecule has 2 aromatic rings. The largest absolute Gasteiger partial charge is 0.368 e. The summed E-state index contributed by atoms with van der Waals surface area (Å²) in [5.41, 5.74) is 0.732. The number of hydrogen-bond donors (Lipinski definition) is 5. The van der Waals surface area contributed by atoms with Gasteiger partial charge in [-0.2, -0.15) is 3.71 Å². The van der Waals surface area contributed by atoms with Gasteiger partial charge in [0.05, 0.1) is 5.69 Å². The maximum absolute atomic E-state index is 12.3. The zero-order valence-electron chi connectivity index (χ0n) is 14.9. The number of nitrogens with one attached hydrogen (secondary N) is 1. The average molecular weight is 427 g/mol. The zero-order valence-corrected chi connectivity index (χ0v) is 16.5. The van der Waals surface area contributed by atoms with E-state index >= 15 is 0 Å². The second kappa shape index (κ2) is 7.23. The second-order valence-corrected chi connectivity index (χ2v) is 10.5. The fourth-order valence-corrected chi connectivity index (χ4v) is 8.06. The number of carbonyl (C=O) groups excluding carboxylic acids is 1. The summed E-state index contributed by atoms with van der Waals surface area (Å²) in [7, 11) is -7.19. The molecular weight excluding hydrogens is 404 g/mol. The Morgan fingerprint density at radius 2 is 1.57 bits per heavy atom. The van der Waals surface area contributed by atoms with Gasteiger partial charge in [0.25, 0.3) is 5.91 Å². The molecule has 0 spiro atoms. The van der Waals surface area contributed by atoms with Crippen LogP contribution in [0.15, 0.2) is 58.3 Å². The molecule has 5 N–H and O–H groups in total. The molecule has 1 unspecified atom stereocenters. The van der Waals surface area contributed by atoms with Crippen molar-refractivity contribution in [2.45, 2.75) is 35.2 Å². The lowest BCUT2D eigenvalue weighted by atomic mass is 10.1. The summed E-state index contributed by atoms with van der Waals surface area (Å²) in [6.45, 7) is 0.572. The van der Waals surface area contributed by atoms with Crippen LogP contribution in [0.5, 0.6) is 0 Å². The Labute approximate surface area is 166 Å². The number of fused-ring (bicyclic) bond motifs is 1. The van der Waals surface area contributed by atoms with Gasteiger partial charge in [-0.05, 0) is 55.7 Å². The molecule has 152 valence electrons. The van der Waals surface area contributed by atoms with Crippen molar-refractivity contribution < 1.29 is 27.7 Å². The minimum Gasteiger partial charge on any atom is -0.368 e. The fraction of sp³-hybridized carbons (Fsp3) is 0.278. The molecule has 0 aliphatic carbocycles. The molecule has 0 aromatic heterocycles. The lowest BCUT2D eigenvalue weighted by Crippen LogP contribution is -2.33. The van der Waals surface area contributed by atoms with Crippen molar-refractivity contribution in [2.75, 3.05) is 15.6 Å². The third-order valence-corrected chi connectivity index (χ3v) is 9.33. The molecule has 1 amide bonds. The van der Waals surface area contributed by atoms with Crippen LogP contribution in [0, 0.1) is 0 Å². The Kier molecular flexibility index (Phi) is 5.04. The molecule has 28 heavy (non-hydrogen) atoms. The van der Waals surface area contributed by atoms with Gasteiger partial charge in [-0.15, -0.1) is 0 Å². The van der Waals surface area contributed by atoms with E-state index in [0.717, 1.165) is 16.6 Å². The van der Waals surface area contributed by atoms with E-state index in [4.69, 9.17) is 4.74 Å². The van der Waals surface area contributed by atoms with E-state index in [1.165, 1.54) is 24.3 Å². The summed E-state index contributed by atoms with van der Waals surface area (Å²) >= 11 is 0. The molecule has 2 aromatic carbocycles. The number of anilines is 2. The average Bonchev–Trinajstić information content (AvgIpc) is 2.85. The van der Waals surface area contributed by atoms with Crippen molar-refractivity contribution in [3.05, 3.63) is 48.5 Å². The van der Waals surface area contributed by atoms with Gasteiger partial charge in [0, 0.05) is 12.3 Å². The topological polar surface area (TPSA) is 122 Å². The van der Waals surface area contributed by atoms with Crippen LogP contribution in [0.1, 0.15) is 19.3 Å². The van der Waals surface area contributed by atoms with E-state index < -0.39 is 27.7 Å². The molecular formula is C18H22N2O6S2. The predicted molar refractivity (Wildman–Crippen MR) is 110 cm³/mol. The summed E-state index contributed by atoms with van der Waals surface area (Å²) in [5, 5.41) is 2.77. The fourth-order valence-electron chi connectivity index (χ4n) is 3.36. The van der Waals surface area contributed by atoms with Gasteiger partial charge in [0.2, 0.25) is 0 Å². The quantitative estimate of drug-likeness (QED) is 0.479. The Morgan fingerprint density at radius 1 is 0.964 bits per heavy atom. The van der Waals surface area contributed by atoms with Gasteiger partial charge >= 0.3 is 0 Å². The summed E-state index contributed by atoms with van der Waals surface area (Å²) in [6, 6.07) is 12.3. The Morgan fingerprint density at radius 3 is 2.11 bits per heavy atom. The number of carbonyl (C=O) groups is 1. The molecule has 1 fully saturated rings. The van der Waals surface area contributed by atoms with Crippen LogP contribution in [-0.2, 0) is 9.53 Å². The maximum Gasteiger partial charge on any atom is 0.253 e. The number of benzene rings is 2. The first-order chi connectivity index (χ1) is 13.3. The normalized spacial score (nSPS) is 24.9. The number of nitrogens with zero attached hydrogens (tertiary/aromatic N) is 1. The van der Waals surface area contributed by atoms with E-state index in [1.54, 1.807) is 24.3 Å². The Hall–Kier alpha value is -1.79. The van der Waals surface area contributed by atoms with Crippen LogP contribution >= 0.6 is 21.6 Å². The van der Waals surface area contributed by atoms with Crippen LogP contribution in [0.2, 0.25) is 0 Å². The van der Waals surface area contributed by atoms with Crippen LogP contribution in [-0.4, -0.2) is 36.8 Å². The molecule has 0 saturated carbocycles. The number of hydrogen-bond acceptors (Lipinski definition) is 7. The minimum atomic E-state index is -3.60. The first-order valence-corrected chi connectivity index (χ1v) is 11.8. The number of rotatable bonds is 3. The Bertz CT molecular complexity index is 849. The monoisotopic (exact) mass is 426 g/mol. The predicted octanol–water partition coefficient (Wildman–Crippen LogP) is 4.76. The standard InChI is InChI=1S/C18H22N2O6S2/c21-18(15-5-3-4-12-26-15)19-13-8-10-14(11-9-13)20-27(22,23)16-6-1-2-7-17(16)28(20,24)25/h1-2,6-11,15,22-25H,3-5,12H2,(H,19,21). The third-order valence-electron chi connectivity index (χ3n) is 4.72. The molecule has 1 atom stereocenters. The molecule has 0 bridgehead atoms.